The van der Waals surface area contributed by atoms with Crippen LogP contribution in [0.3, 0.4) is 0 Å². The van der Waals surface area contributed by atoms with Gasteiger partial charge in [-0.1, -0.05) is 347 Å². The van der Waals surface area contributed by atoms with E-state index in [4.69, 9.17) is 4.74 Å². The number of amides is 1. The summed E-state index contributed by atoms with van der Waals surface area (Å²) in [4.78, 5) is 24.6. The number of rotatable bonds is 63. The Balaban J connectivity index is 3.43. The topological polar surface area (TPSA) is 95.9 Å². The summed E-state index contributed by atoms with van der Waals surface area (Å²) in [7, 11) is 0. The number of allylic oxidation sites excluding steroid dienone is 1. The van der Waals surface area contributed by atoms with Crippen LogP contribution in [0.4, 0.5) is 0 Å². The van der Waals surface area contributed by atoms with Gasteiger partial charge < -0.3 is 20.3 Å². The fourth-order valence-corrected chi connectivity index (χ4v) is 10.7. The molecule has 0 heterocycles. The normalized spacial score (nSPS) is 12.5. The number of hydrogen-bond acceptors (Lipinski definition) is 5. The van der Waals surface area contributed by atoms with Crippen molar-refractivity contribution >= 4 is 11.9 Å². The number of aliphatic hydroxyl groups is 2. The number of carbonyl (C=O) groups is 2. The standard InChI is InChI=1S/C67H131NO5/c1-3-5-7-9-11-13-15-17-19-20-21-22-23-24-25-26-27-29-32-35-39-43-47-51-55-59-65(70)64(63-69)68-66(71)60-56-52-48-44-40-36-33-30-28-31-34-38-42-46-50-54-58-62-73-67(72)61-57-53-49-45-41-37-18-16-14-12-10-8-6-4-2/h55,59,64-65,69-70H,3-54,56-58,60-63H2,1-2H3,(H,68,71)/b59-55+. The van der Waals surface area contributed by atoms with Crippen molar-refractivity contribution in [2.75, 3.05) is 13.2 Å². The number of aliphatic hydroxyl groups excluding tert-OH is 2. The summed E-state index contributed by atoms with van der Waals surface area (Å²) in [6, 6.07) is -0.632. The number of carbonyl (C=O) groups excluding carboxylic acids is 2. The Bertz CT molecular complexity index is 1100. The van der Waals surface area contributed by atoms with Crippen LogP contribution in [0.15, 0.2) is 12.2 Å². The summed E-state index contributed by atoms with van der Waals surface area (Å²) >= 11 is 0. The molecule has 0 aromatic rings. The Morgan fingerprint density at radius 3 is 0.932 bits per heavy atom. The van der Waals surface area contributed by atoms with Gasteiger partial charge in [0.1, 0.15) is 0 Å². The van der Waals surface area contributed by atoms with Gasteiger partial charge in [0.15, 0.2) is 0 Å². The van der Waals surface area contributed by atoms with E-state index in [0.717, 1.165) is 38.5 Å². The SMILES string of the molecule is CCCCCCCCCCCCCCCCCCCCCCCCC/C=C/C(O)C(CO)NC(=O)CCCCCCCCCCCCCCCCCCCOC(=O)CCCCCCCCCCCCCCCC. The lowest BCUT2D eigenvalue weighted by Gasteiger charge is -2.20. The third-order valence-corrected chi connectivity index (χ3v) is 15.8. The Morgan fingerprint density at radius 1 is 0.370 bits per heavy atom. The van der Waals surface area contributed by atoms with Gasteiger partial charge in [0.25, 0.3) is 0 Å². The number of ether oxygens (including phenoxy) is 1. The molecule has 0 fully saturated rings. The van der Waals surface area contributed by atoms with Crippen LogP contribution in [0.5, 0.6) is 0 Å². The second-order valence-corrected chi connectivity index (χ2v) is 23.2. The molecule has 3 N–H and O–H groups in total. The van der Waals surface area contributed by atoms with E-state index in [1.54, 1.807) is 6.08 Å². The predicted molar refractivity (Wildman–Crippen MR) is 320 cm³/mol. The highest BCUT2D eigenvalue weighted by Crippen LogP contribution is 2.19. The van der Waals surface area contributed by atoms with Crippen LogP contribution < -0.4 is 5.32 Å². The van der Waals surface area contributed by atoms with Crippen molar-refractivity contribution in [2.24, 2.45) is 0 Å². The van der Waals surface area contributed by atoms with Gasteiger partial charge in [-0.3, -0.25) is 9.59 Å². The fourth-order valence-electron chi connectivity index (χ4n) is 10.7. The first-order chi connectivity index (χ1) is 36.0. The lowest BCUT2D eigenvalue weighted by molar-refractivity contribution is -0.143. The molecule has 1 amide bonds. The molecule has 0 rings (SSSR count). The van der Waals surface area contributed by atoms with Gasteiger partial charge in [-0.2, -0.15) is 0 Å². The highest BCUT2D eigenvalue weighted by Gasteiger charge is 2.18. The molecule has 0 aliphatic carbocycles. The van der Waals surface area contributed by atoms with E-state index in [1.165, 1.54) is 315 Å². The molecule has 73 heavy (non-hydrogen) atoms. The van der Waals surface area contributed by atoms with E-state index in [2.05, 4.69) is 19.2 Å². The van der Waals surface area contributed by atoms with E-state index in [9.17, 15) is 19.8 Å². The second kappa shape index (κ2) is 63.1. The Hall–Kier alpha value is -1.40. The first kappa shape index (κ1) is 71.6. The van der Waals surface area contributed by atoms with Crippen molar-refractivity contribution in [3.8, 4) is 0 Å². The molecular weight excluding hydrogens is 899 g/mol. The van der Waals surface area contributed by atoms with E-state index < -0.39 is 12.1 Å². The van der Waals surface area contributed by atoms with E-state index in [1.807, 2.05) is 6.08 Å². The molecule has 2 unspecified atom stereocenters. The summed E-state index contributed by atoms with van der Waals surface area (Å²) in [5.41, 5.74) is 0. The average molecular weight is 1030 g/mol. The van der Waals surface area contributed by atoms with E-state index >= 15 is 0 Å². The molecule has 0 aliphatic rings. The highest BCUT2D eigenvalue weighted by molar-refractivity contribution is 5.76. The average Bonchev–Trinajstić information content (AvgIpc) is 3.39. The number of esters is 1. The zero-order chi connectivity index (χ0) is 52.9. The van der Waals surface area contributed by atoms with E-state index in [-0.39, 0.29) is 18.5 Å². The molecule has 434 valence electrons. The third kappa shape index (κ3) is 59.7. The van der Waals surface area contributed by atoms with Crippen LogP contribution in [-0.2, 0) is 14.3 Å². The van der Waals surface area contributed by atoms with Crippen LogP contribution in [0.1, 0.15) is 380 Å². The van der Waals surface area contributed by atoms with Crippen LogP contribution in [0.25, 0.3) is 0 Å². The first-order valence-electron chi connectivity index (χ1n) is 33.5. The van der Waals surface area contributed by atoms with Crippen molar-refractivity contribution in [1.82, 2.24) is 5.32 Å². The fraction of sp³-hybridized carbons (Fsp3) is 0.940. The molecule has 0 aliphatic heterocycles. The maximum Gasteiger partial charge on any atom is 0.305 e. The monoisotopic (exact) mass is 1030 g/mol. The summed E-state index contributed by atoms with van der Waals surface area (Å²) in [6.45, 7) is 4.93. The van der Waals surface area contributed by atoms with Crippen LogP contribution >= 0.6 is 0 Å². The van der Waals surface area contributed by atoms with Gasteiger partial charge in [0.2, 0.25) is 5.91 Å². The zero-order valence-electron chi connectivity index (χ0n) is 49.6. The molecule has 6 heteroatoms. The van der Waals surface area contributed by atoms with Crippen molar-refractivity contribution in [1.29, 1.82) is 0 Å². The molecule has 2 atom stereocenters. The minimum absolute atomic E-state index is 0.00796. The molecule has 0 radical (unpaired) electrons. The van der Waals surface area contributed by atoms with Crippen molar-refractivity contribution < 1.29 is 24.5 Å². The largest absolute Gasteiger partial charge is 0.466 e. The minimum Gasteiger partial charge on any atom is -0.466 e. The third-order valence-electron chi connectivity index (χ3n) is 15.8. The predicted octanol–water partition coefficient (Wildman–Crippen LogP) is 21.2. The van der Waals surface area contributed by atoms with Crippen molar-refractivity contribution in [3.63, 3.8) is 0 Å². The van der Waals surface area contributed by atoms with Gasteiger partial charge >= 0.3 is 5.97 Å². The molecule has 0 spiro atoms. The smallest absolute Gasteiger partial charge is 0.305 e. The number of hydrogen-bond donors (Lipinski definition) is 3. The van der Waals surface area contributed by atoms with Gasteiger partial charge in [0.05, 0.1) is 25.4 Å². The Kier molecular flexibility index (Phi) is 61.9. The molecular formula is C67H131NO5. The number of unbranched alkanes of at least 4 members (excludes halogenated alkanes) is 52. The minimum atomic E-state index is -0.849. The van der Waals surface area contributed by atoms with Gasteiger partial charge in [0, 0.05) is 12.8 Å². The lowest BCUT2D eigenvalue weighted by Crippen LogP contribution is -2.45. The molecule has 0 saturated heterocycles. The Morgan fingerprint density at radius 2 is 0.630 bits per heavy atom. The maximum atomic E-state index is 12.5. The molecule has 0 bridgehead atoms. The number of nitrogens with one attached hydrogen (secondary N) is 1. The molecule has 0 aromatic carbocycles. The first-order valence-corrected chi connectivity index (χ1v) is 33.5. The quantitative estimate of drug-likeness (QED) is 0.0320. The summed E-state index contributed by atoms with van der Waals surface area (Å²) < 4.78 is 5.49. The van der Waals surface area contributed by atoms with Gasteiger partial charge in [-0.15, -0.1) is 0 Å². The summed E-state index contributed by atoms with van der Waals surface area (Å²) in [5, 5.41) is 23.3. The van der Waals surface area contributed by atoms with Gasteiger partial charge in [-0.05, 0) is 32.1 Å². The highest BCUT2D eigenvalue weighted by atomic mass is 16.5. The summed E-state index contributed by atoms with van der Waals surface area (Å²) in [6.07, 6.45) is 76.9. The molecule has 0 aromatic heterocycles. The van der Waals surface area contributed by atoms with Crippen LogP contribution in [-0.4, -0.2) is 47.4 Å². The maximum absolute atomic E-state index is 12.5. The lowest BCUT2D eigenvalue weighted by atomic mass is 10.0. The zero-order valence-corrected chi connectivity index (χ0v) is 49.6. The molecule has 0 saturated carbocycles. The van der Waals surface area contributed by atoms with E-state index in [0.29, 0.717) is 19.4 Å². The molecule has 6 nitrogen and oxygen atoms in total. The van der Waals surface area contributed by atoms with Crippen LogP contribution in [0, 0.1) is 0 Å². The Labute approximate surface area is 457 Å². The van der Waals surface area contributed by atoms with Crippen molar-refractivity contribution in [3.05, 3.63) is 12.2 Å². The van der Waals surface area contributed by atoms with Gasteiger partial charge in [-0.25, -0.2) is 0 Å². The summed E-state index contributed by atoms with van der Waals surface area (Å²) in [5.74, 6) is -0.0604. The van der Waals surface area contributed by atoms with Crippen molar-refractivity contribution in [2.45, 2.75) is 392 Å². The second-order valence-electron chi connectivity index (χ2n) is 23.2. The van der Waals surface area contributed by atoms with Crippen LogP contribution in [0.2, 0.25) is 0 Å².